The van der Waals surface area contributed by atoms with E-state index in [4.69, 9.17) is 0 Å². The Bertz CT molecular complexity index is 590. The van der Waals surface area contributed by atoms with E-state index in [-0.39, 0.29) is 46.5 Å². The summed E-state index contributed by atoms with van der Waals surface area (Å²) in [7, 11) is 0. The molecule has 0 bridgehead atoms. The minimum atomic E-state index is 0. The monoisotopic (exact) mass is 402 g/mol. The third-order valence-electron chi connectivity index (χ3n) is 4.01. The minimum Gasteiger partial charge on any atom is -1.00 e. The molecule has 1 nitrogen and oxygen atoms in total. The summed E-state index contributed by atoms with van der Waals surface area (Å²) in [5.74, 6) is 1.63. The Morgan fingerprint density at radius 3 is 2.08 bits per heavy atom. The topological polar surface area (TPSA) is 20.2 Å². The van der Waals surface area contributed by atoms with Gasteiger partial charge in [-0.3, -0.25) is 0 Å². The molecular formula is C20H28Cl2OTi. The van der Waals surface area contributed by atoms with E-state index >= 15 is 0 Å². The summed E-state index contributed by atoms with van der Waals surface area (Å²) in [6.45, 7) is 11.0. The average molecular weight is 403 g/mol. The van der Waals surface area contributed by atoms with Crippen molar-refractivity contribution in [3.05, 3.63) is 46.5 Å². The first-order valence-electron chi connectivity index (χ1n) is 8.10. The second-order valence-electron chi connectivity index (χ2n) is 7.07. The molecule has 2 rings (SSSR count). The number of hydrogen-bond donors (Lipinski definition) is 1. The number of hydrogen-bond acceptors (Lipinski definition) is 1. The molecule has 4 heteroatoms. The van der Waals surface area contributed by atoms with Crippen molar-refractivity contribution in [3.63, 3.8) is 0 Å². The second-order valence-corrected chi connectivity index (χ2v) is 7.07. The maximum Gasteiger partial charge on any atom is 2.00 e. The Morgan fingerprint density at radius 2 is 1.62 bits per heavy atom. The largest absolute Gasteiger partial charge is 2.00 e. The maximum atomic E-state index is 10.8. The first kappa shape index (κ1) is 26.0. The second kappa shape index (κ2) is 11.4. The smallest absolute Gasteiger partial charge is 1.00 e. The molecule has 1 aromatic rings. The van der Waals surface area contributed by atoms with Crippen molar-refractivity contribution in [2.45, 2.75) is 53.9 Å². The maximum absolute atomic E-state index is 10.8. The van der Waals surface area contributed by atoms with Crippen molar-refractivity contribution in [1.29, 1.82) is 0 Å². The molecule has 1 aromatic carbocycles. The fourth-order valence-corrected chi connectivity index (χ4v) is 3.23. The molecule has 0 amide bonds. The molecule has 1 N–H and O–H groups in total. The fourth-order valence-electron chi connectivity index (χ4n) is 3.23. The summed E-state index contributed by atoms with van der Waals surface area (Å²) < 4.78 is 0. The zero-order valence-corrected chi connectivity index (χ0v) is 18.4. The molecule has 0 aromatic heterocycles. The molecule has 1 aliphatic rings. The number of aromatic hydroxyl groups is 1. The zero-order valence-electron chi connectivity index (χ0n) is 15.3. The van der Waals surface area contributed by atoms with Gasteiger partial charge in [0.05, 0.1) is 0 Å². The molecule has 0 fully saturated rings. The number of phenols is 1. The van der Waals surface area contributed by atoms with Gasteiger partial charge in [0, 0.05) is 5.56 Å². The van der Waals surface area contributed by atoms with Crippen LogP contribution < -0.4 is 24.8 Å². The predicted octanol–water partition coefficient (Wildman–Crippen LogP) is -0.554. The van der Waals surface area contributed by atoms with Crippen LogP contribution in [0.1, 0.15) is 56.4 Å². The van der Waals surface area contributed by atoms with Crippen LogP contribution in [0.15, 0.2) is 24.3 Å². The van der Waals surface area contributed by atoms with Gasteiger partial charge in [-0.15, -0.1) is 0 Å². The molecule has 0 radical (unpaired) electrons. The fraction of sp³-hybridized carbons (Fsp3) is 0.500. The van der Waals surface area contributed by atoms with Crippen molar-refractivity contribution < 1.29 is 51.6 Å². The first-order chi connectivity index (χ1) is 9.90. The normalized spacial score (nSPS) is 12.5. The summed E-state index contributed by atoms with van der Waals surface area (Å²) >= 11 is 0. The number of aryl methyl sites for hydroxylation is 1. The third kappa shape index (κ3) is 6.26. The quantitative estimate of drug-likeness (QED) is 0.655. The van der Waals surface area contributed by atoms with E-state index in [2.05, 4.69) is 58.9 Å². The van der Waals surface area contributed by atoms with Crippen molar-refractivity contribution in [3.8, 4) is 5.75 Å². The molecule has 0 saturated heterocycles. The van der Waals surface area contributed by atoms with E-state index in [0.717, 1.165) is 30.4 Å². The zero-order chi connectivity index (χ0) is 15.6. The number of rotatable bonds is 5. The van der Waals surface area contributed by atoms with Gasteiger partial charge >= 0.3 is 21.7 Å². The van der Waals surface area contributed by atoms with Gasteiger partial charge in [-0.05, 0) is 60.3 Å². The van der Waals surface area contributed by atoms with Crippen LogP contribution in [0.2, 0.25) is 0 Å². The minimum absolute atomic E-state index is 0. The van der Waals surface area contributed by atoms with E-state index in [9.17, 15) is 5.11 Å². The Kier molecular flexibility index (Phi) is 12.4. The Labute approximate surface area is 174 Å². The Morgan fingerprint density at radius 1 is 1.04 bits per heavy atom. The molecule has 1 aliphatic carbocycles. The summed E-state index contributed by atoms with van der Waals surface area (Å²) in [6, 6.07) is 2.19. The molecule has 0 spiro atoms. The van der Waals surface area contributed by atoms with E-state index in [1.54, 1.807) is 0 Å². The van der Waals surface area contributed by atoms with Gasteiger partial charge < -0.3 is 29.9 Å². The predicted molar refractivity (Wildman–Crippen MR) is 91.7 cm³/mol. The SMILES string of the molecule is Cc1cc(CC(C)C)c(O)c(CC(C)C)c1C1=CC=CC1.[Cl-].[Cl-].[Ti+2]. The van der Waals surface area contributed by atoms with Crippen molar-refractivity contribution in [2.75, 3.05) is 0 Å². The molecule has 0 saturated carbocycles. The van der Waals surface area contributed by atoms with Gasteiger partial charge in [-0.2, -0.15) is 0 Å². The number of phenolic OH excluding ortho intramolecular Hbond substituents is 1. The van der Waals surface area contributed by atoms with E-state index < -0.39 is 0 Å². The van der Waals surface area contributed by atoms with Crippen LogP contribution in [-0.2, 0) is 34.6 Å². The molecule has 24 heavy (non-hydrogen) atoms. The average Bonchev–Trinajstić information content (AvgIpc) is 2.87. The van der Waals surface area contributed by atoms with Gasteiger partial charge in [0.15, 0.2) is 0 Å². The van der Waals surface area contributed by atoms with Crippen LogP contribution >= 0.6 is 0 Å². The molecule has 0 aliphatic heterocycles. The molecular weight excluding hydrogens is 375 g/mol. The van der Waals surface area contributed by atoms with E-state index in [0.29, 0.717) is 17.6 Å². The Hall–Kier alpha value is -0.206. The van der Waals surface area contributed by atoms with Gasteiger partial charge in [0.25, 0.3) is 0 Å². The summed E-state index contributed by atoms with van der Waals surface area (Å²) in [5, 5.41) is 10.8. The van der Waals surface area contributed by atoms with Gasteiger partial charge in [0.1, 0.15) is 5.75 Å². The van der Waals surface area contributed by atoms with Crippen LogP contribution in [0.5, 0.6) is 5.75 Å². The standard InChI is InChI=1S/C20H28O.2ClH.Ti/c1-13(2)10-17-12-15(5)19(16-8-6-7-9-16)18(20(17)21)11-14(3)4;;;/h6-8,12-14,21H,9-11H2,1-5H3;2*1H;/q;;;+2/p-2. The third-order valence-corrected chi connectivity index (χ3v) is 4.01. The van der Waals surface area contributed by atoms with Crippen LogP contribution in [0.3, 0.4) is 0 Å². The van der Waals surface area contributed by atoms with Gasteiger partial charge in [0.2, 0.25) is 0 Å². The summed E-state index contributed by atoms with van der Waals surface area (Å²) in [4.78, 5) is 0. The van der Waals surface area contributed by atoms with Crippen LogP contribution in [0.25, 0.3) is 5.57 Å². The van der Waals surface area contributed by atoms with Gasteiger partial charge in [-0.1, -0.05) is 52.0 Å². The van der Waals surface area contributed by atoms with Gasteiger partial charge in [-0.25, -0.2) is 0 Å². The summed E-state index contributed by atoms with van der Waals surface area (Å²) in [5.41, 5.74) is 6.17. The molecule has 132 valence electrons. The number of halogens is 2. The van der Waals surface area contributed by atoms with Crippen LogP contribution in [0.4, 0.5) is 0 Å². The van der Waals surface area contributed by atoms with E-state index in [1.165, 1.54) is 16.7 Å². The first-order valence-corrected chi connectivity index (χ1v) is 8.10. The number of allylic oxidation sites excluding steroid dienone is 4. The van der Waals surface area contributed by atoms with Crippen LogP contribution in [-0.4, -0.2) is 5.11 Å². The molecule has 0 heterocycles. The van der Waals surface area contributed by atoms with E-state index in [1.807, 2.05) is 0 Å². The van der Waals surface area contributed by atoms with Crippen molar-refractivity contribution in [1.82, 2.24) is 0 Å². The molecule has 0 atom stereocenters. The molecule has 0 unspecified atom stereocenters. The van der Waals surface area contributed by atoms with Crippen LogP contribution in [0, 0.1) is 18.8 Å². The number of benzene rings is 1. The Balaban J connectivity index is 0. The van der Waals surface area contributed by atoms with Crippen molar-refractivity contribution in [2.24, 2.45) is 11.8 Å². The van der Waals surface area contributed by atoms with Crippen molar-refractivity contribution >= 4 is 5.57 Å². The summed E-state index contributed by atoms with van der Waals surface area (Å²) in [6.07, 6.45) is 9.35.